The van der Waals surface area contributed by atoms with Crippen molar-refractivity contribution in [3.05, 3.63) is 46.6 Å². The number of rotatable bonds is 5. The molecule has 1 aliphatic rings. The van der Waals surface area contributed by atoms with Gasteiger partial charge in [-0.2, -0.15) is 0 Å². The van der Waals surface area contributed by atoms with Crippen LogP contribution in [0.1, 0.15) is 12.5 Å². The highest BCUT2D eigenvalue weighted by molar-refractivity contribution is 7.12. The van der Waals surface area contributed by atoms with Crippen molar-refractivity contribution in [3.63, 3.8) is 0 Å². The number of carbonyl (C=O) groups excluding carboxylic acids is 2. The molecule has 1 aliphatic heterocycles. The van der Waals surface area contributed by atoms with Crippen molar-refractivity contribution in [1.82, 2.24) is 19.8 Å². The SMILES string of the molecule is C[C@H]1C(=O)N(Cc2ccc3c(N)ncnc3c2)CCN1C(=O)COc1cc(Cl)cs1. The average Bonchev–Trinajstić information content (AvgIpc) is 3.15. The summed E-state index contributed by atoms with van der Waals surface area (Å²) in [6, 6.07) is 6.79. The van der Waals surface area contributed by atoms with Crippen LogP contribution in [-0.2, 0) is 16.1 Å². The number of halogens is 1. The Hall–Kier alpha value is -2.91. The van der Waals surface area contributed by atoms with Gasteiger partial charge in [0.2, 0.25) is 5.91 Å². The van der Waals surface area contributed by atoms with Crippen molar-refractivity contribution in [2.45, 2.75) is 19.5 Å². The number of hydrogen-bond donors (Lipinski definition) is 1. The van der Waals surface area contributed by atoms with E-state index in [1.165, 1.54) is 17.7 Å². The first-order valence-electron chi connectivity index (χ1n) is 9.36. The summed E-state index contributed by atoms with van der Waals surface area (Å²) in [5.74, 6) is 0.101. The van der Waals surface area contributed by atoms with E-state index < -0.39 is 6.04 Å². The Kier molecular flexibility index (Phi) is 5.74. The Labute approximate surface area is 182 Å². The molecule has 8 nitrogen and oxygen atoms in total. The molecule has 3 heterocycles. The van der Waals surface area contributed by atoms with Crippen molar-refractivity contribution in [1.29, 1.82) is 0 Å². The van der Waals surface area contributed by atoms with Crippen LogP contribution >= 0.6 is 22.9 Å². The number of aromatic nitrogens is 2. The van der Waals surface area contributed by atoms with Crippen LogP contribution < -0.4 is 10.5 Å². The second-order valence-electron chi connectivity index (χ2n) is 7.01. The molecular weight excluding hydrogens is 426 g/mol. The van der Waals surface area contributed by atoms with E-state index in [0.717, 1.165) is 16.5 Å². The molecule has 2 aromatic heterocycles. The predicted octanol–water partition coefficient (Wildman–Crippen LogP) is 2.57. The number of thiophene rings is 1. The fourth-order valence-electron chi connectivity index (χ4n) is 3.46. The summed E-state index contributed by atoms with van der Waals surface area (Å²) >= 11 is 7.19. The van der Waals surface area contributed by atoms with E-state index in [-0.39, 0.29) is 18.4 Å². The van der Waals surface area contributed by atoms with E-state index in [1.54, 1.807) is 28.2 Å². The van der Waals surface area contributed by atoms with Crippen LogP contribution in [0.4, 0.5) is 5.82 Å². The van der Waals surface area contributed by atoms with Crippen molar-refractivity contribution < 1.29 is 14.3 Å². The maximum absolute atomic E-state index is 12.9. The Bertz CT molecular complexity index is 1100. The third kappa shape index (κ3) is 4.17. The van der Waals surface area contributed by atoms with Gasteiger partial charge >= 0.3 is 0 Å². The number of amides is 2. The highest BCUT2D eigenvalue weighted by atomic mass is 35.5. The lowest BCUT2D eigenvalue weighted by atomic mass is 10.1. The van der Waals surface area contributed by atoms with Crippen molar-refractivity contribution in [3.8, 4) is 5.06 Å². The smallest absolute Gasteiger partial charge is 0.261 e. The highest BCUT2D eigenvalue weighted by Gasteiger charge is 2.34. The molecule has 2 N–H and O–H groups in total. The van der Waals surface area contributed by atoms with Crippen LogP contribution in [0.5, 0.6) is 5.06 Å². The number of hydrogen-bond acceptors (Lipinski definition) is 7. The van der Waals surface area contributed by atoms with Gasteiger partial charge in [-0.05, 0) is 24.6 Å². The maximum atomic E-state index is 12.9. The second kappa shape index (κ2) is 8.45. The Morgan fingerprint density at radius 1 is 1.33 bits per heavy atom. The summed E-state index contributed by atoms with van der Waals surface area (Å²) in [6.45, 7) is 2.95. The molecule has 1 atom stereocenters. The maximum Gasteiger partial charge on any atom is 0.261 e. The first kappa shape index (κ1) is 20.4. The van der Waals surface area contributed by atoms with Gasteiger partial charge in [-0.3, -0.25) is 9.59 Å². The van der Waals surface area contributed by atoms with Gasteiger partial charge in [0.05, 0.1) is 10.5 Å². The minimum Gasteiger partial charge on any atom is -0.474 e. The molecular formula is C20H20ClN5O3S. The molecule has 2 amide bonds. The number of nitrogens with zero attached hydrogens (tertiary/aromatic N) is 4. The zero-order valence-corrected chi connectivity index (χ0v) is 17.8. The van der Waals surface area contributed by atoms with Crippen molar-refractivity contribution >= 4 is 51.5 Å². The molecule has 30 heavy (non-hydrogen) atoms. The average molecular weight is 446 g/mol. The van der Waals surface area contributed by atoms with Crippen LogP contribution in [0.3, 0.4) is 0 Å². The van der Waals surface area contributed by atoms with E-state index >= 15 is 0 Å². The lowest BCUT2D eigenvalue weighted by Gasteiger charge is -2.39. The van der Waals surface area contributed by atoms with Gasteiger partial charge in [-0.15, -0.1) is 11.3 Å². The predicted molar refractivity (Wildman–Crippen MR) is 115 cm³/mol. The van der Waals surface area contributed by atoms with E-state index in [2.05, 4.69) is 9.97 Å². The lowest BCUT2D eigenvalue weighted by molar-refractivity contribution is -0.152. The largest absolute Gasteiger partial charge is 0.474 e. The number of fused-ring (bicyclic) bond motifs is 1. The number of ether oxygens (including phenoxy) is 1. The molecule has 156 valence electrons. The number of carbonyl (C=O) groups is 2. The minimum atomic E-state index is -0.555. The van der Waals surface area contributed by atoms with Gasteiger partial charge in [-0.1, -0.05) is 17.7 Å². The van der Waals surface area contributed by atoms with Crippen LogP contribution in [-0.4, -0.2) is 57.3 Å². The van der Waals surface area contributed by atoms with E-state index in [0.29, 0.717) is 35.5 Å². The number of anilines is 1. The Morgan fingerprint density at radius 2 is 2.17 bits per heavy atom. The van der Waals surface area contributed by atoms with Crippen molar-refractivity contribution in [2.75, 3.05) is 25.4 Å². The monoisotopic (exact) mass is 445 g/mol. The van der Waals surface area contributed by atoms with Gasteiger partial charge < -0.3 is 20.3 Å². The summed E-state index contributed by atoms with van der Waals surface area (Å²) in [6.07, 6.45) is 1.42. The normalized spacial score (nSPS) is 16.9. The third-order valence-electron chi connectivity index (χ3n) is 5.05. The fourth-order valence-corrected chi connectivity index (χ4v) is 4.37. The van der Waals surface area contributed by atoms with Crippen LogP contribution in [0.25, 0.3) is 10.9 Å². The third-order valence-corrected chi connectivity index (χ3v) is 6.24. The van der Waals surface area contributed by atoms with Crippen LogP contribution in [0, 0.1) is 0 Å². The molecule has 0 unspecified atom stereocenters. The lowest BCUT2D eigenvalue weighted by Crippen LogP contribution is -2.58. The number of benzene rings is 1. The standard InChI is InChI=1S/C20H20ClN5O3S/c1-12-20(28)25(8-13-2-3-15-16(6-13)23-11-24-19(15)22)4-5-26(12)17(27)9-29-18-7-14(21)10-30-18/h2-3,6-7,10-12H,4-5,8-9H2,1H3,(H2,22,23,24)/t12-/m0/s1. The van der Waals surface area contributed by atoms with Gasteiger partial charge in [0, 0.05) is 36.5 Å². The van der Waals surface area contributed by atoms with Gasteiger partial charge in [-0.25, -0.2) is 9.97 Å². The minimum absolute atomic E-state index is 0.101. The van der Waals surface area contributed by atoms with E-state index in [4.69, 9.17) is 22.1 Å². The Balaban J connectivity index is 1.39. The molecule has 10 heteroatoms. The summed E-state index contributed by atoms with van der Waals surface area (Å²) in [7, 11) is 0. The number of nitrogens with two attached hydrogens (primary N) is 1. The molecule has 0 spiro atoms. The van der Waals surface area contributed by atoms with E-state index in [1.807, 2.05) is 18.2 Å². The topological polar surface area (TPSA) is 102 Å². The van der Waals surface area contributed by atoms with Gasteiger partial charge in [0.15, 0.2) is 11.7 Å². The molecule has 1 saturated heterocycles. The van der Waals surface area contributed by atoms with Crippen LogP contribution in [0.2, 0.25) is 5.02 Å². The fraction of sp³-hybridized carbons (Fsp3) is 0.300. The van der Waals surface area contributed by atoms with Gasteiger partial charge in [0.25, 0.3) is 5.91 Å². The van der Waals surface area contributed by atoms with Crippen LogP contribution in [0.15, 0.2) is 36.0 Å². The molecule has 3 aromatic rings. The van der Waals surface area contributed by atoms with E-state index in [9.17, 15) is 9.59 Å². The molecule has 0 aliphatic carbocycles. The molecule has 0 saturated carbocycles. The number of piperazine rings is 1. The zero-order valence-electron chi connectivity index (χ0n) is 16.2. The number of nitrogen functional groups attached to an aromatic ring is 1. The van der Waals surface area contributed by atoms with Crippen molar-refractivity contribution in [2.24, 2.45) is 0 Å². The molecule has 1 aromatic carbocycles. The Morgan fingerprint density at radius 3 is 2.93 bits per heavy atom. The summed E-state index contributed by atoms with van der Waals surface area (Å²) in [5, 5.41) is 3.66. The molecule has 0 bridgehead atoms. The highest BCUT2D eigenvalue weighted by Crippen LogP contribution is 2.26. The summed E-state index contributed by atoms with van der Waals surface area (Å²) in [4.78, 5) is 37.0. The first-order chi connectivity index (χ1) is 14.4. The van der Waals surface area contributed by atoms with Gasteiger partial charge in [0.1, 0.15) is 18.2 Å². The quantitative estimate of drug-likeness (QED) is 0.647. The first-order valence-corrected chi connectivity index (χ1v) is 10.6. The summed E-state index contributed by atoms with van der Waals surface area (Å²) in [5.41, 5.74) is 7.55. The molecule has 1 fully saturated rings. The molecule has 0 radical (unpaired) electrons. The summed E-state index contributed by atoms with van der Waals surface area (Å²) < 4.78 is 5.49. The second-order valence-corrected chi connectivity index (χ2v) is 8.32. The molecule has 4 rings (SSSR count). The zero-order chi connectivity index (χ0) is 21.3.